The number of benzene rings is 1. The Labute approximate surface area is 167 Å². The van der Waals surface area contributed by atoms with E-state index in [0.29, 0.717) is 6.42 Å². The lowest BCUT2D eigenvalue weighted by atomic mass is 10.0. The molecule has 5 nitrogen and oxygen atoms in total. The maximum Gasteiger partial charge on any atom is 0.417 e. The molecular weight excluding hydrogens is 383 g/mol. The zero-order valence-electron chi connectivity index (χ0n) is 16.3. The van der Waals surface area contributed by atoms with E-state index in [1.807, 2.05) is 13.8 Å². The van der Waals surface area contributed by atoms with Gasteiger partial charge in [0.1, 0.15) is 5.75 Å². The van der Waals surface area contributed by atoms with E-state index in [1.165, 1.54) is 12.1 Å². The number of halogens is 3. The predicted molar refractivity (Wildman–Crippen MR) is 101 cm³/mol. The van der Waals surface area contributed by atoms with E-state index in [1.54, 1.807) is 31.5 Å². The van der Waals surface area contributed by atoms with E-state index in [4.69, 9.17) is 10.00 Å². The minimum atomic E-state index is -4.70. The molecule has 8 heteroatoms. The van der Waals surface area contributed by atoms with Crippen molar-refractivity contribution in [3.05, 3.63) is 59.4 Å². The zero-order valence-corrected chi connectivity index (χ0v) is 16.3. The summed E-state index contributed by atoms with van der Waals surface area (Å²) in [6.45, 7) is 5.56. The van der Waals surface area contributed by atoms with Gasteiger partial charge in [-0.05, 0) is 55.2 Å². The molecule has 0 aliphatic rings. The van der Waals surface area contributed by atoms with Gasteiger partial charge in [0.15, 0.2) is 6.10 Å². The Balaban J connectivity index is 2.22. The summed E-state index contributed by atoms with van der Waals surface area (Å²) in [7, 11) is 0. The number of hydrogen-bond donors (Lipinski definition) is 1. The second-order valence-corrected chi connectivity index (χ2v) is 7.06. The summed E-state index contributed by atoms with van der Waals surface area (Å²) in [6, 6.07) is 7.79. The summed E-state index contributed by atoms with van der Waals surface area (Å²) in [5.74, 6) is -0.475. The topological polar surface area (TPSA) is 75.0 Å². The molecule has 0 aliphatic heterocycles. The molecule has 2 unspecified atom stereocenters. The van der Waals surface area contributed by atoms with Gasteiger partial charge < -0.3 is 10.1 Å². The third-order valence-electron chi connectivity index (χ3n) is 4.24. The quantitative estimate of drug-likeness (QED) is 0.728. The van der Waals surface area contributed by atoms with Gasteiger partial charge in [0.2, 0.25) is 0 Å². The number of carbonyl (C=O) groups excluding carboxylic acids is 1. The number of rotatable bonds is 7. The molecule has 1 aromatic carbocycles. The number of amides is 1. The van der Waals surface area contributed by atoms with Crippen LogP contribution in [-0.4, -0.2) is 17.0 Å². The van der Waals surface area contributed by atoms with Gasteiger partial charge in [0.05, 0.1) is 23.2 Å². The highest BCUT2D eigenvalue weighted by Crippen LogP contribution is 2.34. The normalized spacial score (nSPS) is 13.4. The van der Waals surface area contributed by atoms with Crippen LogP contribution in [0.4, 0.5) is 13.2 Å². The molecule has 0 radical (unpaired) electrons. The zero-order chi connectivity index (χ0) is 21.6. The molecule has 1 N–H and O–H groups in total. The van der Waals surface area contributed by atoms with Gasteiger partial charge in [0.25, 0.3) is 5.91 Å². The summed E-state index contributed by atoms with van der Waals surface area (Å²) in [6.07, 6.45) is -2.15. The van der Waals surface area contributed by atoms with Crippen LogP contribution in [0, 0.1) is 17.2 Å². The largest absolute Gasteiger partial charge is 0.481 e. The fourth-order valence-electron chi connectivity index (χ4n) is 2.77. The second kappa shape index (κ2) is 9.41. The Kier molecular flexibility index (Phi) is 7.21. The van der Waals surface area contributed by atoms with Crippen molar-refractivity contribution < 1.29 is 22.7 Å². The minimum Gasteiger partial charge on any atom is -0.481 e. The van der Waals surface area contributed by atoms with Crippen LogP contribution >= 0.6 is 0 Å². The first kappa shape index (κ1) is 22.2. The van der Waals surface area contributed by atoms with Crippen molar-refractivity contribution >= 4 is 5.91 Å². The van der Waals surface area contributed by atoms with Crippen LogP contribution in [0.25, 0.3) is 0 Å². The first-order valence-electron chi connectivity index (χ1n) is 9.10. The number of pyridine rings is 1. The average molecular weight is 405 g/mol. The van der Waals surface area contributed by atoms with Crippen LogP contribution in [0.2, 0.25) is 0 Å². The van der Waals surface area contributed by atoms with Crippen molar-refractivity contribution in [3.63, 3.8) is 0 Å². The molecule has 154 valence electrons. The van der Waals surface area contributed by atoms with E-state index < -0.39 is 29.3 Å². The summed E-state index contributed by atoms with van der Waals surface area (Å²) in [5.41, 5.74) is -0.748. The number of aromatic nitrogens is 1. The van der Waals surface area contributed by atoms with Gasteiger partial charge in [-0.2, -0.15) is 18.4 Å². The van der Waals surface area contributed by atoms with E-state index in [2.05, 4.69) is 10.3 Å². The van der Waals surface area contributed by atoms with Crippen LogP contribution in [0.15, 0.2) is 42.7 Å². The van der Waals surface area contributed by atoms with Crippen molar-refractivity contribution in [2.24, 2.45) is 5.92 Å². The first-order chi connectivity index (χ1) is 13.6. The SMILES string of the molecule is CC(C)CC(Oc1ccc(C#N)c(C(F)(F)F)c1)C(=O)NC(C)c1ccncc1. The fourth-order valence-corrected chi connectivity index (χ4v) is 2.77. The van der Waals surface area contributed by atoms with Crippen molar-refractivity contribution in [1.82, 2.24) is 10.3 Å². The van der Waals surface area contributed by atoms with Gasteiger partial charge in [-0.3, -0.25) is 9.78 Å². The molecule has 1 aromatic heterocycles. The first-order valence-corrected chi connectivity index (χ1v) is 9.10. The molecule has 0 fully saturated rings. The van der Waals surface area contributed by atoms with Crippen LogP contribution in [0.5, 0.6) is 5.75 Å². The van der Waals surface area contributed by atoms with Crippen LogP contribution in [-0.2, 0) is 11.0 Å². The summed E-state index contributed by atoms with van der Waals surface area (Å²) in [4.78, 5) is 16.7. The van der Waals surface area contributed by atoms with Crippen LogP contribution in [0.1, 0.15) is 49.9 Å². The summed E-state index contributed by atoms with van der Waals surface area (Å²) in [5, 5.41) is 11.7. The molecule has 2 rings (SSSR count). The molecular formula is C21H22F3N3O2. The van der Waals surface area contributed by atoms with E-state index in [9.17, 15) is 18.0 Å². The van der Waals surface area contributed by atoms with Gasteiger partial charge in [-0.15, -0.1) is 0 Å². The molecule has 1 heterocycles. The van der Waals surface area contributed by atoms with Crippen molar-refractivity contribution in [2.45, 2.75) is 45.5 Å². The monoisotopic (exact) mass is 405 g/mol. The maximum absolute atomic E-state index is 13.2. The number of hydrogen-bond acceptors (Lipinski definition) is 4. The number of carbonyl (C=O) groups is 1. The molecule has 0 bridgehead atoms. The summed E-state index contributed by atoms with van der Waals surface area (Å²) >= 11 is 0. The summed E-state index contributed by atoms with van der Waals surface area (Å²) < 4.78 is 45.2. The number of ether oxygens (including phenoxy) is 1. The predicted octanol–water partition coefficient (Wildman–Crippen LogP) is 4.64. The highest BCUT2D eigenvalue weighted by Gasteiger charge is 2.34. The lowest BCUT2D eigenvalue weighted by molar-refractivity contribution is -0.137. The van der Waals surface area contributed by atoms with Gasteiger partial charge in [-0.25, -0.2) is 0 Å². The van der Waals surface area contributed by atoms with Crippen LogP contribution in [0.3, 0.4) is 0 Å². The maximum atomic E-state index is 13.2. The number of nitrogens with one attached hydrogen (secondary N) is 1. The highest BCUT2D eigenvalue weighted by molar-refractivity contribution is 5.81. The lowest BCUT2D eigenvalue weighted by Gasteiger charge is -2.23. The Hall–Kier alpha value is -3.08. The third-order valence-corrected chi connectivity index (χ3v) is 4.24. The molecule has 0 saturated carbocycles. The Morgan fingerprint density at radius 1 is 1.21 bits per heavy atom. The Morgan fingerprint density at radius 3 is 2.41 bits per heavy atom. The van der Waals surface area contributed by atoms with E-state index in [-0.39, 0.29) is 17.7 Å². The van der Waals surface area contributed by atoms with E-state index in [0.717, 1.165) is 17.7 Å². The number of alkyl halides is 3. The Morgan fingerprint density at radius 2 is 1.86 bits per heavy atom. The third kappa shape index (κ3) is 6.21. The second-order valence-electron chi connectivity index (χ2n) is 7.06. The van der Waals surface area contributed by atoms with Crippen molar-refractivity contribution in [2.75, 3.05) is 0 Å². The molecule has 29 heavy (non-hydrogen) atoms. The Bertz CT molecular complexity index is 877. The van der Waals surface area contributed by atoms with Crippen LogP contribution < -0.4 is 10.1 Å². The standard InChI is InChI=1S/C21H22F3N3O2/c1-13(2)10-19(20(28)27-14(3)15-6-8-26-9-7-15)29-17-5-4-16(12-25)18(11-17)21(22,23)24/h4-9,11,13-14,19H,10H2,1-3H3,(H,27,28). The smallest absolute Gasteiger partial charge is 0.417 e. The van der Waals surface area contributed by atoms with Crippen molar-refractivity contribution in [1.29, 1.82) is 5.26 Å². The lowest BCUT2D eigenvalue weighted by Crippen LogP contribution is -2.40. The van der Waals surface area contributed by atoms with Gasteiger partial charge in [-0.1, -0.05) is 13.8 Å². The van der Waals surface area contributed by atoms with Crippen molar-refractivity contribution in [3.8, 4) is 11.8 Å². The van der Waals surface area contributed by atoms with Gasteiger partial charge >= 0.3 is 6.18 Å². The molecule has 0 aliphatic carbocycles. The minimum absolute atomic E-state index is 0.0717. The molecule has 0 saturated heterocycles. The van der Waals surface area contributed by atoms with Gasteiger partial charge in [0, 0.05) is 12.4 Å². The molecule has 1 amide bonds. The molecule has 2 atom stereocenters. The molecule has 0 spiro atoms. The van der Waals surface area contributed by atoms with E-state index >= 15 is 0 Å². The number of nitrogens with zero attached hydrogens (tertiary/aromatic N) is 2. The highest BCUT2D eigenvalue weighted by atomic mass is 19.4. The molecule has 2 aromatic rings. The fraction of sp³-hybridized carbons (Fsp3) is 0.381. The number of nitriles is 1. The average Bonchev–Trinajstić information content (AvgIpc) is 2.67.